The SMILES string of the molecule is CC(C)(C)OC(=O)N(C[C@@H]1CCNC1=O)NC(=O)[C@@H]1[C@H]2CCC[C@H]2CN1C(=O)[C@@H](Nc1cc(F)ncn1)C(C)(C)C.O=C(O)C(F)(F)F. The number of alkyl halides is 3. The van der Waals surface area contributed by atoms with Gasteiger partial charge in [0, 0.05) is 19.2 Å². The van der Waals surface area contributed by atoms with Crippen LogP contribution in [0.25, 0.3) is 0 Å². The van der Waals surface area contributed by atoms with Crippen LogP contribution in [-0.4, -0.2) is 98.3 Å². The number of ether oxygens (including phenoxy) is 1. The highest BCUT2D eigenvalue weighted by Gasteiger charge is 2.52. The molecule has 3 heterocycles. The Morgan fingerprint density at radius 2 is 1.75 bits per heavy atom. The summed E-state index contributed by atoms with van der Waals surface area (Å²) in [4.78, 5) is 71.6. The lowest BCUT2D eigenvalue weighted by Gasteiger charge is -2.37. The van der Waals surface area contributed by atoms with Crippen LogP contribution in [0.4, 0.5) is 28.2 Å². The first-order chi connectivity index (χ1) is 22.1. The van der Waals surface area contributed by atoms with Crippen molar-refractivity contribution in [1.29, 1.82) is 0 Å². The highest BCUT2D eigenvalue weighted by Crippen LogP contribution is 2.43. The summed E-state index contributed by atoms with van der Waals surface area (Å²) < 4.78 is 51.1. The molecule has 268 valence electrons. The fourth-order valence-corrected chi connectivity index (χ4v) is 5.96. The highest BCUT2D eigenvalue weighted by atomic mass is 19.4. The molecule has 2 saturated heterocycles. The first-order valence-electron chi connectivity index (χ1n) is 15.5. The van der Waals surface area contributed by atoms with Crippen molar-refractivity contribution in [2.75, 3.05) is 25.0 Å². The fourth-order valence-electron chi connectivity index (χ4n) is 5.96. The van der Waals surface area contributed by atoms with Crippen molar-refractivity contribution >= 4 is 35.6 Å². The van der Waals surface area contributed by atoms with Crippen LogP contribution in [0.15, 0.2) is 12.4 Å². The second-order valence-electron chi connectivity index (χ2n) is 14.1. The van der Waals surface area contributed by atoms with Gasteiger partial charge in [0.2, 0.25) is 17.8 Å². The maximum Gasteiger partial charge on any atom is 0.490 e. The molecular weight excluding hydrogens is 646 g/mol. The second-order valence-corrected chi connectivity index (χ2v) is 14.1. The van der Waals surface area contributed by atoms with Crippen molar-refractivity contribution in [3.05, 3.63) is 18.3 Å². The van der Waals surface area contributed by atoms with Gasteiger partial charge in [-0.2, -0.15) is 17.6 Å². The van der Waals surface area contributed by atoms with Gasteiger partial charge in [-0.3, -0.25) is 19.8 Å². The third-order valence-corrected chi connectivity index (χ3v) is 8.15. The van der Waals surface area contributed by atoms with Crippen molar-refractivity contribution < 1.29 is 51.4 Å². The minimum atomic E-state index is -5.08. The number of carbonyl (C=O) groups is 5. The van der Waals surface area contributed by atoms with E-state index in [1.807, 2.05) is 20.8 Å². The number of rotatable bonds is 6. The van der Waals surface area contributed by atoms with Crippen LogP contribution in [-0.2, 0) is 23.9 Å². The molecule has 0 spiro atoms. The van der Waals surface area contributed by atoms with Gasteiger partial charge in [0.15, 0.2) is 0 Å². The van der Waals surface area contributed by atoms with E-state index in [1.54, 1.807) is 25.7 Å². The fraction of sp³-hybridized carbons (Fsp3) is 0.700. The zero-order valence-electron chi connectivity index (χ0n) is 27.7. The van der Waals surface area contributed by atoms with Crippen LogP contribution in [0.5, 0.6) is 0 Å². The summed E-state index contributed by atoms with van der Waals surface area (Å²) in [7, 11) is 0. The molecule has 0 bridgehead atoms. The Labute approximate surface area is 275 Å². The van der Waals surface area contributed by atoms with Crippen LogP contribution in [0.3, 0.4) is 0 Å². The van der Waals surface area contributed by atoms with Gasteiger partial charge in [-0.25, -0.2) is 24.6 Å². The number of hydrogen-bond acceptors (Lipinski definition) is 9. The number of anilines is 1. The molecule has 4 N–H and O–H groups in total. The Balaban J connectivity index is 0.000000804. The Morgan fingerprint density at radius 1 is 1.10 bits per heavy atom. The monoisotopic (exact) mass is 689 g/mol. The molecule has 48 heavy (non-hydrogen) atoms. The Morgan fingerprint density at radius 3 is 2.27 bits per heavy atom. The number of aromatic nitrogens is 2. The number of hydrogen-bond donors (Lipinski definition) is 4. The van der Waals surface area contributed by atoms with Crippen molar-refractivity contribution in [1.82, 2.24) is 30.6 Å². The van der Waals surface area contributed by atoms with Crippen molar-refractivity contribution in [3.63, 3.8) is 0 Å². The maximum atomic E-state index is 14.1. The molecule has 0 radical (unpaired) electrons. The van der Waals surface area contributed by atoms with Crippen LogP contribution >= 0.6 is 0 Å². The predicted molar refractivity (Wildman–Crippen MR) is 161 cm³/mol. The van der Waals surface area contributed by atoms with E-state index in [9.17, 15) is 36.7 Å². The molecule has 1 aromatic rings. The molecule has 4 rings (SSSR count). The van der Waals surface area contributed by atoms with Gasteiger partial charge in [0.1, 0.15) is 29.8 Å². The molecular formula is C30H43F4N7O7. The third kappa shape index (κ3) is 10.1. The first-order valence-corrected chi connectivity index (χ1v) is 15.5. The molecule has 0 aromatic carbocycles. The van der Waals surface area contributed by atoms with E-state index in [0.717, 1.165) is 36.7 Å². The Kier molecular flexibility index (Phi) is 11.8. The van der Waals surface area contributed by atoms with E-state index >= 15 is 0 Å². The van der Waals surface area contributed by atoms with Crippen molar-refractivity contribution in [2.45, 2.75) is 91.1 Å². The summed E-state index contributed by atoms with van der Waals surface area (Å²) in [5.41, 5.74) is 1.28. The Bertz CT molecular complexity index is 1370. The minimum absolute atomic E-state index is 0.0489. The number of nitrogens with one attached hydrogen (secondary N) is 3. The number of amides is 4. The topological polar surface area (TPSA) is 183 Å². The average Bonchev–Trinajstić information content (AvgIpc) is 3.65. The van der Waals surface area contributed by atoms with Gasteiger partial charge in [-0.15, -0.1) is 0 Å². The van der Waals surface area contributed by atoms with Crippen molar-refractivity contribution in [3.8, 4) is 0 Å². The van der Waals surface area contributed by atoms with Gasteiger partial charge >= 0.3 is 18.2 Å². The molecule has 14 nitrogen and oxygen atoms in total. The van der Waals surface area contributed by atoms with E-state index in [-0.39, 0.29) is 36.0 Å². The molecule has 1 aromatic heterocycles. The number of carboxylic acids is 1. The molecule has 18 heteroatoms. The van der Waals surface area contributed by atoms with Gasteiger partial charge < -0.3 is 25.4 Å². The quantitative estimate of drug-likeness (QED) is 0.197. The number of hydrazine groups is 1. The maximum absolute atomic E-state index is 14.1. The van der Waals surface area contributed by atoms with Crippen LogP contribution in [0.2, 0.25) is 0 Å². The summed E-state index contributed by atoms with van der Waals surface area (Å²) in [6.07, 6.45) is -1.65. The van der Waals surface area contributed by atoms with E-state index in [4.69, 9.17) is 14.6 Å². The first kappa shape index (κ1) is 38.2. The van der Waals surface area contributed by atoms with Crippen molar-refractivity contribution in [2.24, 2.45) is 23.2 Å². The average molecular weight is 690 g/mol. The normalized spacial score (nSPS) is 22.9. The number of aliphatic carboxylic acids is 1. The molecule has 2 aliphatic heterocycles. The third-order valence-electron chi connectivity index (χ3n) is 8.15. The van der Waals surface area contributed by atoms with Gasteiger partial charge in [0.25, 0.3) is 5.91 Å². The summed E-state index contributed by atoms with van der Waals surface area (Å²) in [5.74, 6) is -4.76. The van der Waals surface area contributed by atoms with Crippen LogP contribution in [0, 0.1) is 29.1 Å². The number of halogens is 4. The second kappa shape index (κ2) is 14.9. The molecule has 3 aliphatic rings. The van der Waals surface area contributed by atoms with Gasteiger partial charge in [0.05, 0.1) is 12.5 Å². The standard InChI is InChI=1S/C28H42FN7O5.C2HF3O2/c1-27(2,3)22(33-20-12-19(29)31-15-32-20)25(39)35-13-16-8-7-9-18(16)21(35)24(38)34-36(26(40)41-28(4,5)6)14-17-10-11-30-23(17)37;3-2(4,5)1(6)7/h12,15-18,21-22H,7-11,13-14H2,1-6H3,(H,30,37)(H,34,38)(H,31,32,33);(H,6,7)/t16-,17-,18-,21-,22+;/m0./s1. The lowest BCUT2D eigenvalue weighted by atomic mass is 9.85. The van der Waals surface area contributed by atoms with Crippen LogP contribution in [0.1, 0.15) is 67.2 Å². The van der Waals surface area contributed by atoms with E-state index in [2.05, 4.69) is 26.0 Å². The lowest BCUT2D eigenvalue weighted by Crippen LogP contribution is -2.59. The lowest BCUT2D eigenvalue weighted by molar-refractivity contribution is -0.192. The predicted octanol–water partition coefficient (Wildman–Crippen LogP) is 3.11. The number of nitrogens with zero attached hydrogens (tertiary/aromatic N) is 4. The number of carboxylic acid groups (broad SMARTS) is 1. The molecule has 5 atom stereocenters. The van der Waals surface area contributed by atoms with Gasteiger partial charge in [-0.1, -0.05) is 27.2 Å². The van der Waals surface area contributed by atoms with E-state index in [1.165, 1.54) is 0 Å². The molecule has 1 aliphatic carbocycles. The van der Waals surface area contributed by atoms with E-state index in [0.29, 0.717) is 19.5 Å². The van der Waals surface area contributed by atoms with E-state index < -0.39 is 59.1 Å². The molecule has 3 fully saturated rings. The number of fused-ring (bicyclic) bond motifs is 1. The zero-order chi connectivity index (χ0) is 36.2. The highest BCUT2D eigenvalue weighted by molar-refractivity contribution is 5.93. The molecule has 1 saturated carbocycles. The van der Waals surface area contributed by atoms with Crippen LogP contribution < -0.4 is 16.1 Å². The summed E-state index contributed by atoms with van der Waals surface area (Å²) >= 11 is 0. The largest absolute Gasteiger partial charge is 0.490 e. The van der Waals surface area contributed by atoms with Gasteiger partial charge in [-0.05, 0) is 57.3 Å². The summed E-state index contributed by atoms with van der Waals surface area (Å²) in [5, 5.41) is 14.0. The summed E-state index contributed by atoms with van der Waals surface area (Å²) in [6.45, 7) is 11.6. The zero-order valence-corrected chi connectivity index (χ0v) is 27.7. The molecule has 0 unspecified atom stereocenters. The Hall–Kier alpha value is -4.25. The number of carbonyl (C=O) groups excluding carboxylic acids is 4. The minimum Gasteiger partial charge on any atom is -0.475 e. The molecule has 4 amide bonds. The summed E-state index contributed by atoms with van der Waals surface area (Å²) in [6, 6.07) is -0.534. The smallest absolute Gasteiger partial charge is 0.475 e. The number of likely N-dealkylation sites (tertiary alicyclic amines) is 1.